The Balaban J connectivity index is 3.03. The molecular weight excluding hydrogens is 280 g/mol. The van der Waals surface area contributed by atoms with E-state index in [0.29, 0.717) is 13.2 Å². The zero-order chi connectivity index (χ0) is 13.7. The second-order valence-corrected chi connectivity index (χ2v) is 5.88. The minimum atomic E-state index is -3.36. The zero-order valence-corrected chi connectivity index (χ0v) is 12.5. The van der Waals surface area contributed by atoms with Gasteiger partial charge in [-0.2, -0.15) is 8.42 Å². The summed E-state index contributed by atoms with van der Waals surface area (Å²) in [5.41, 5.74) is 0. The molecule has 0 unspecified atom stereocenters. The summed E-state index contributed by atoms with van der Waals surface area (Å²) in [4.78, 5) is 0. The highest BCUT2D eigenvalue weighted by atomic mass is 35.5. The summed E-state index contributed by atoms with van der Waals surface area (Å²) in [6.07, 6.45) is 5.39. The van der Waals surface area contributed by atoms with Gasteiger partial charge < -0.3 is 9.47 Å². The van der Waals surface area contributed by atoms with Crippen molar-refractivity contribution < 1.29 is 22.1 Å². The molecule has 5 nitrogen and oxygen atoms in total. The molecule has 0 aromatic rings. The molecule has 0 bridgehead atoms. The van der Waals surface area contributed by atoms with Crippen LogP contribution in [0.25, 0.3) is 0 Å². The molecule has 0 amide bonds. The van der Waals surface area contributed by atoms with Crippen molar-refractivity contribution in [2.75, 3.05) is 45.2 Å². The Morgan fingerprint density at radius 2 is 1.39 bits per heavy atom. The SMILES string of the molecule is CS(=O)(=O)OCCOCCOCCCCCCCl. The molecule has 0 N–H and O–H groups in total. The van der Waals surface area contributed by atoms with E-state index >= 15 is 0 Å². The van der Waals surface area contributed by atoms with E-state index in [1.54, 1.807) is 0 Å². The molecule has 0 saturated carbocycles. The zero-order valence-electron chi connectivity index (χ0n) is 10.9. The largest absolute Gasteiger partial charge is 0.379 e. The van der Waals surface area contributed by atoms with Gasteiger partial charge >= 0.3 is 0 Å². The number of hydrogen-bond acceptors (Lipinski definition) is 5. The summed E-state index contributed by atoms with van der Waals surface area (Å²) < 4.78 is 36.2. The van der Waals surface area contributed by atoms with Crippen molar-refractivity contribution in [2.24, 2.45) is 0 Å². The monoisotopic (exact) mass is 302 g/mol. The molecule has 0 aromatic heterocycles. The first-order chi connectivity index (χ1) is 8.56. The lowest BCUT2D eigenvalue weighted by Gasteiger charge is -2.05. The summed E-state index contributed by atoms with van der Waals surface area (Å²) in [7, 11) is -3.36. The number of alkyl halides is 1. The second kappa shape index (κ2) is 12.2. The Morgan fingerprint density at radius 3 is 2.00 bits per heavy atom. The van der Waals surface area contributed by atoms with Crippen molar-refractivity contribution in [3.63, 3.8) is 0 Å². The Morgan fingerprint density at radius 1 is 0.833 bits per heavy atom. The maximum Gasteiger partial charge on any atom is 0.264 e. The Bertz CT molecular complexity index is 269. The van der Waals surface area contributed by atoms with Gasteiger partial charge in [-0.3, -0.25) is 4.18 Å². The van der Waals surface area contributed by atoms with E-state index in [0.717, 1.165) is 44.4 Å². The molecule has 0 saturated heterocycles. The molecule has 0 aliphatic heterocycles. The van der Waals surface area contributed by atoms with Gasteiger partial charge in [0.25, 0.3) is 10.1 Å². The van der Waals surface area contributed by atoms with Crippen LogP contribution in [-0.4, -0.2) is 53.6 Å². The van der Waals surface area contributed by atoms with Crippen LogP contribution < -0.4 is 0 Å². The van der Waals surface area contributed by atoms with Gasteiger partial charge in [0, 0.05) is 12.5 Å². The molecular formula is C11H23ClO5S. The van der Waals surface area contributed by atoms with Crippen LogP contribution in [0.2, 0.25) is 0 Å². The fourth-order valence-corrected chi connectivity index (χ4v) is 1.78. The fraction of sp³-hybridized carbons (Fsp3) is 1.00. The smallest absolute Gasteiger partial charge is 0.264 e. The highest BCUT2D eigenvalue weighted by Crippen LogP contribution is 2.01. The lowest BCUT2D eigenvalue weighted by molar-refractivity contribution is 0.0361. The Kier molecular flexibility index (Phi) is 12.3. The normalized spacial score (nSPS) is 11.9. The number of hydrogen-bond donors (Lipinski definition) is 0. The minimum Gasteiger partial charge on any atom is -0.379 e. The maximum atomic E-state index is 10.6. The summed E-state index contributed by atoms with van der Waals surface area (Å²) in [6.45, 7) is 2.01. The third-order valence-electron chi connectivity index (χ3n) is 2.07. The standard InChI is InChI=1S/C11H23ClO5S/c1-18(13,14)17-11-10-16-9-8-15-7-5-3-2-4-6-12/h2-11H2,1H3. The van der Waals surface area contributed by atoms with Gasteiger partial charge in [0.1, 0.15) is 0 Å². The molecule has 0 rings (SSSR count). The third-order valence-corrected chi connectivity index (χ3v) is 2.93. The van der Waals surface area contributed by atoms with E-state index < -0.39 is 10.1 Å². The molecule has 0 aliphatic rings. The molecule has 0 aromatic carbocycles. The first-order valence-corrected chi connectivity index (χ1v) is 8.47. The summed E-state index contributed by atoms with van der Waals surface area (Å²) in [5, 5.41) is 0. The van der Waals surface area contributed by atoms with Crippen LogP contribution in [0.4, 0.5) is 0 Å². The number of ether oxygens (including phenoxy) is 2. The van der Waals surface area contributed by atoms with Gasteiger partial charge in [0.2, 0.25) is 0 Å². The van der Waals surface area contributed by atoms with E-state index in [1.807, 2.05) is 0 Å². The van der Waals surface area contributed by atoms with Crippen LogP contribution in [0.3, 0.4) is 0 Å². The van der Waals surface area contributed by atoms with Crippen LogP contribution in [0.1, 0.15) is 25.7 Å². The number of unbranched alkanes of at least 4 members (excludes halogenated alkanes) is 3. The first kappa shape index (κ1) is 18.1. The van der Waals surface area contributed by atoms with Crippen molar-refractivity contribution in [2.45, 2.75) is 25.7 Å². The molecule has 7 heteroatoms. The van der Waals surface area contributed by atoms with Crippen LogP contribution in [0.15, 0.2) is 0 Å². The van der Waals surface area contributed by atoms with Crippen LogP contribution >= 0.6 is 11.6 Å². The van der Waals surface area contributed by atoms with Gasteiger partial charge in [0.15, 0.2) is 0 Å². The van der Waals surface area contributed by atoms with Gasteiger partial charge in [-0.25, -0.2) is 0 Å². The second-order valence-electron chi connectivity index (χ2n) is 3.85. The predicted molar refractivity (Wildman–Crippen MR) is 71.6 cm³/mol. The lowest BCUT2D eigenvalue weighted by Crippen LogP contribution is -2.12. The van der Waals surface area contributed by atoms with Crippen molar-refractivity contribution in [1.29, 1.82) is 0 Å². The van der Waals surface area contributed by atoms with E-state index in [-0.39, 0.29) is 13.2 Å². The lowest BCUT2D eigenvalue weighted by atomic mass is 10.2. The Labute approximate surface area is 115 Å². The predicted octanol–water partition coefficient (Wildman–Crippen LogP) is 1.79. The molecule has 110 valence electrons. The van der Waals surface area contributed by atoms with Crippen LogP contribution in [0, 0.1) is 0 Å². The van der Waals surface area contributed by atoms with Gasteiger partial charge in [-0.1, -0.05) is 12.8 Å². The van der Waals surface area contributed by atoms with E-state index in [4.69, 9.17) is 21.1 Å². The van der Waals surface area contributed by atoms with E-state index in [9.17, 15) is 8.42 Å². The summed E-state index contributed by atoms with van der Waals surface area (Å²) in [6, 6.07) is 0. The molecule has 0 atom stereocenters. The van der Waals surface area contributed by atoms with Gasteiger partial charge in [-0.05, 0) is 12.8 Å². The summed E-state index contributed by atoms with van der Waals surface area (Å²) in [5.74, 6) is 0.726. The quantitative estimate of drug-likeness (QED) is 0.295. The molecule has 0 heterocycles. The molecule has 18 heavy (non-hydrogen) atoms. The van der Waals surface area contributed by atoms with E-state index in [2.05, 4.69) is 4.18 Å². The van der Waals surface area contributed by atoms with Crippen molar-refractivity contribution in [3.8, 4) is 0 Å². The average Bonchev–Trinajstić information content (AvgIpc) is 2.29. The molecule has 0 fully saturated rings. The van der Waals surface area contributed by atoms with Crippen molar-refractivity contribution >= 4 is 21.7 Å². The third kappa shape index (κ3) is 16.1. The number of rotatable bonds is 13. The number of halogens is 1. The summed E-state index contributed by atoms with van der Waals surface area (Å²) >= 11 is 5.56. The highest BCUT2D eigenvalue weighted by molar-refractivity contribution is 7.85. The van der Waals surface area contributed by atoms with Gasteiger partial charge in [0.05, 0.1) is 32.7 Å². The Hall–Kier alpha value is 0.120. The van der Waals surface area contributed by atoms with Gasteiger partial charge in [-0.15, -0.1) is 11.6 Å². The first-order valence-electron chi connectivity index (χ1n) is 6.12. The topological polar surface area (TPSA) is 61.8 Å². The maximum absolute atomic E-state index is 10.6. The minimum absolute atomic E-state index is 0.0528. The molecule has 0 spiro atoms. The van der Waals surface area contributed by atoms with Crippen molar-refractivity contribution in [3.05, 3.63) is 0 Å². The van der Waals surface area contributed by atoms with Crippen LogP contribution in [0.5, 0.6) is 0 Å². The molecule has 0 aliphatic carbocycles. The van der Waals surface area contributed by atoms with E-state index in [1.165, 1.54) is 0 Å². The van der Waals surface area contributed by atoms with Crippen LogP contribution in [-0.2, 0) is 23.8 Å². The molecule has 0 radical (unpaired) electrons. The fourth-order valence-electron chi connectivity index (χ4n) is 1.22. The average molecular weight is 303 g/mol. The van der Waals surface area contributed by atoms with Crippen molar-refractivity contribution in [1.82, 2.24) is 0 Å². The highest BCUT2D eigenvalue weighted by Gasteiger charge is 2.00.